The molecule has 1 N–H and O–H groups in total. The summed E-state index contributed by atoms with van der Waals surface area (Å²) in [5, 5.41) is 7.94. The Hall–Kier alpha value is -1.67. The first-order chi connectivity index (χ1) is 12.0. The second-order valence-corrected chi connectivity index (χ2v) is 8.40. The van der Waals surface area contributed by atoms with Gasteiger partial charge in [-0.3, -0.25) is 0 Å². The van der Waals surface area contributed by atoms with Crippen LogP contribution in [0.3, 0.4) is 0 Å². The Morgan fingerprint density at radius 3 is 2.52 bits per heavy atom. The van der Waals surface area contributed by atoms with Crippen LogP contribution in [0.4, 0.5) is 0 Å². The van der Waals surface area contributed by atoms with Crippen molar-refractivity contribution >= 4 is 10.0 Å². The molecule has 0 unspecified atom stereocenters. The lowest BCUT2D eigenvalue weighted by atomic mass is 9.97. The number of aromatic nitrogens is 3. The van der Waals surface area contributed by atoms with Crippen LogP contribution in [0.15, 0.2) is 21.6 Å². The quantitative estimate of drug-likeness (QED) is 0.878. The van der Waals surface area contributed by atoms with Crippen molar-refractivity contribution < 1.29 is 12.8 Å². The van der Waals surface area contributed by atoms with E-state index in [9.17, 15) is 8.42 Å². The Morgan fingerprint density at radius 2 is 1.88 bits per heavy atom. The predicted octanol–water partition coefficient (Wildman–Crippen LogP) is 3.03. The molecular formula is C17H26N4O3S. The molecule has 1 aliphatic rings. The van der Waals surface area contributed by atoms with Gasteiger partial charge in [0.1, 0.15) is 10.6 Å². The van der Waals surface area contributed by atoms with Crippen molar-refractivity contribution in [3.8, 4) is 11.6 Å². The SMILES string of the molecule is CCc1nnc(-c2cc(S(=O)(=O)NC3CCCCCCC3)cn2C)o1. The molecule has 8 heteroatoms. The van der Waals surface area contributed by atoms with Gasteiger partial charge in [-0.05, 0) is 18.9 Å². The van der Waals surface area contributed by atoms with Crippen molar-refractivity contribution in [2.45, 2.75) is 69.2 Å². The van der Waals surface area contributed by atoms with Crippen LogP contribution in [0.2, 0.25) is 0 Å². The van der Waals surface area contributed by atoms with Crippen molar-refractivity contribution in [2.75, 3.05) is 0 Å². The van der Waals surface area contributed by atoms with E-state index in [0.29, 0.717) is 23.9 Å². The van der Waals surface area contributed by atoms with Gasteiger partial charge in [-0.2, -0.15) is 0 Å². The van der Waals surface area contributed by atoms with Gasteiger partial charge < -0.3 is 8.98 Å². The molecule has 2 heterocycles. The molecule has 3 rings (SSSR count). The summed E-state index contributed by atoms with van der Waals surface area (Å²) in [4.78, 5) is 0.239. The van der Waals surface area contributed by atoms with Crippen LogP contribution in [0.25, 0.3) is 11.6 Å². The zero-order valence-electron chi connectivity index (χ0n) is 14.9. The molecule has 0 aliphatic heterocycles. The zero-order valence-corrected chi connectivity index (χ0v) is 15.7. The van der Waals surface area contributed by atoms with Crippen LogP contribution < -0.4 is 4.72 Å². The van der Waals surface area contributed by atoms with Gasteiger partial charge in [0.2, 0.25) is 15.9 Å². The van der Waals surface area contributed by atoms with E-state index in [2.05, 4.69) is 14.9 Å². The first-order valence-electron chi connectivity index (χ1n) is 9.01. The molecule has 0 spiro atoms. The van der Waals surface area contributed by atoms with Crippen LogP contribution in [0.1, 0.15) is 57.8 Å². The third-order valence-electron chi connectivity index (χ3n) is 4.71. The standard InChI is InChI=1S/C17H26N4O3S/c1-3-16-18-19-17(24-16)15-11-14(12-21(15)2)25(22,23)20-13-9-7-5-4-6-8-10-13/h11-13,20H,3-10H2,1-2H3. The molecule has 2 aromatic heterocycles. The molecule has 25 heavy (non-hydrogen) atoms. The smallest absolute Gasteiger partial charge is 0.264 e. The molecule has 7 nitrogen and oxygen atoms in total. The summed E-state index contributed by atoms with van der Waals surface area (Å²) >= 11 is 0. The summed E-state index contributed by atoms with van der Waals surface area (Å²) in [6.07, 6.45) is 9.83. The van der Waals surface area contributed by atoms with Gasteiger partial charge in [-0.25, -0.2) is 13.1 Å². The molecule has 0 amide bonds. The topological polar surface area (TPSA) is 90.0 Å². The fourth-order valence-electron chi connectivity index (χ4n) is 3.26. The number of hydrogen-bond acceptors (Lipinski definition) is 5. The molecule has 0 aromatic carbocycles. The van der Waals surface area contributed by atoms with Gasteiger partial charge in [-0.1, -0.05) is 39.0 Å². The highest BCUT2D eigenvalue weighted by atomic mass is 32.2. The number of aryl methyl sites for hydroxylation is 2. The second kappa shape index (κ2) is 7.70. The van der Waals surface area contributed by atoms with Crippen LogP contribution in [0.5, 0.6) is 0 Å². The Labute approximate surface area is 148 Å². The van der Waals surface area contributed by atoms with E-state index in [1.165, 1.54) is 19.3 Å². The van der Waals surface area contributed by atoms with Crippen LogP contribution in [-0.2, 0) is 23.5 Å². The highest BCUT2D eigenvalue weighted by Crippen LogP contribution is 2.24. The van der Waals surface area contributed by atoms with E-state index in [0.717, 1.165) is 25.7 Å². The first-order valence-corrected chi connectivity index (χ1v) is 10.5. The monoisotopic (exact) mass is 366 g/mol. The number of nitrogens with one attached hydrogen (secondary N) is 1. The molecule has 0 radical (unpaired) electrons. The fraction of sp³-hybridized carbons (Fsp3) is 0.647. The number of nitrogens with zero attached hydrogens (tertiary/aromatic N) is 3. The summed E-state index contributed by atoms with van der Waals surface area (Å²) in [5.74, 6) is 0.875. The summed E-state index contributed by atoms with van der Waals surface area (Å²) in [6, 6.07) is 1.61. The van der Waals surface area contributed by atoms with Crippen molar-refractivity contribution in [2.24, 2.45) is 7.05 Å². The minimum atomic E-state index is -3.56. The summed E-state index contributed by atoms with van der Waals surface area (Å²) in [7, 11) is -1.78. The maximum Gasteiger partial charge on any atom is 0.264 e. The Morgan fingerprint density at radius 1 is 1.20 bits per heavy atom. The van der Waals surface area contributed by atoms with Gasteiger partial charge in [0.15, 0.2) is 0 Å². The third kappa shape index (κ3) is 4.30. The number of sulfonamides is 1. The highest BCUT2D eigenvalue weighted by molar-refractivity contribution is 7.89. The van der Waals surface area contributed by atoms with E-state index in [1.54, 1.807) is 23.9 Å². The van der Waals surface area contributed by atoms with Crippen molar-refractivity contribution in [1.29, 1.82) is 0 Å². The predicted molar refractivity (Wildman–Crippen MR) is 94.5 cm³/mol. The first kappa shape index (κ1) is 18.1. The largest absolute Gasteiger partial charge is 0.419 e. The lowest BCUT2D eigenvalue weighted by Crippen LogP contribution is -2.35. The summed E-state index contributed by atoms with van der Waals surface area (Å²) in [5.41, 5.74) is 0.602. The van der Waals surface area contributed by atoms with E-state index >= 15 is 0 Å². The molecular weight excluding hydrogens is 340 g/mol. The van der Waals surface area contributed by atoms with Crippen molar-refractivity contribution in [3.05, 3.63) is 18.2 Å². The van der Waals surface area contributed by atoms with Gasteiger partial charge >= 0.3 is 0 Å². The average Bonchev–Trinajstić information content (AvgIpc) is 3.16. The molecule has 1 aliphatic carbocycles. The average molecular weight is 366 g/mol. The number of hydrogen-bond donors (Lipinski definition) is 1. The molecule has 0 saturated heterocycles. The van der Waals surface area contributed by atoms with E-state index < -0.39 is 10.0 Å². The van der Waals surface area contributed by atoms with E-state index in [-0.39, 0.29) is 10.9 Å². The molecule has 138 valence electrons. The fourth-order valence-corrected chi connectivity index (χ4v) is 4.63. The third-order valence-corrected chi connectivity index (χ3v) is 6.19. The summed E-state index contributed by atoms with van der Waals surface area (Å²) < 4.78 is 35.7. The summed E-state index contributed by atoms with van der Waals surface area (Å²) in [6.45, 7) is 1.93. The highest BCUT2D eigenvalue weighted by Gasteiger charge is 2.24. The Bertz CT molecular complexity index is 802. The van der Waals surface area contributed by atoms with Crippen LogP contribution in [0, 0.1) is 0 Å². The van der Waals surface area contributed by atoms with Crippen molar-refractivity contribution in [1.82, 2.24) is 19.5 Å². The molecule has 0 atom stereocenters. The lowest BCUT2D eigenvalue weighted by Gasteiger charge is -2.20. The van der Waals surface area contributed by atoms with Crippen molar-refractivity contribution in [3.63, 3.8) is 0 Å². The molecule has 1 saturated carbocycles. The van der Waals surface area contributed by atoms with Crippen LogP contribution >= 0.6 is 0 Å². The minimum absolute atomic E-state index is 0.0176. The Balaban J connectivity index is 1.79. The maximum atomic E-state index is 12.8. The normalized spacial score (nSPS) is 17.4. The molecule has 2 aromatic rings. The molecule has 0 bridgehead atoms. The minimum Gasteiger partial charge on any atom is -0.419 e. The zero-order chi connectivity index (χ0) is 17.9. The Kier molecular flexibility index (Phi) is 5.58. The van der Waals surface area contributed by atoms with Gasteiger partial charge in [0.05, 0.1) is 0 Å². The van der Waals surface area contributed by atoms with E-state index in [1.807, 2.05) is 6.92 Å². The second-order valence-electron chi connectivity index (χ2n) is 6.69. The van der Waals surface area contributed by atoms with Crippen LogP contribution in [-0.4, -0.2) is 29.2 Å². The maximum absolute atomic E-state index is 12.8. The van der Waals surface area contributed by atoms with Gasteiger partial charge in [0.25, 0.3) is 5.89 Å². The van der Waals surface area contributed by atoms with Gasteiger partial charge in [0, 0.05) is 25.7 Å². The molecule has 1 fully saturated rings. The lowest BCUT2D eigenvalue weighted by molar-refractivity contribution is 0.426. The van der Waals surface area contributed by atoms with Gasteiger partial charge in [-0.15, -0.1) is 10.2 Å². The van der Waals surface area contributed by atoms with E-state index in [4.69, 9.17) is 4.42 Å². The number of rotatable bonds is 5.